The molecule has 1 aromatic rings. The summed E-state index contributed by atoms with van der Waals surface area (Å²) >= 11 is 0. The standard InChI is InChI=1S/C20H38N6/c1-7-18-17(19(8-2)24(6)23-18)14-22-20(21-9-3)26-13-12-16(15-26)25(10-4)11-5/h16H,7-15H2,1-6H3,(H,21,22). The molecule has 0 aliphatic carbocycles. The first kappa shape index (κ1) is 20.7. The highest BCUT2D eigenvalue weighted by Crippen LogP contribution is 2.19. The van der Waals surface area contributed by atoms with Crippen LogP contribution in [-0.2, 0) is 26.4 Å². The molecule has 2 rings (SSSR count). The molecule has 1 saturated heterocycles. The Morgan fingerprint density at radius 1 is 1.19 bits per heavy atom. The summed E-state index contributed by atoms with van der Waals surface area (Å²) in [6.07, 6.45) is 3.18. The molecule has 6 nitrogen and oxygen atoms in total. The van der Waals surface area contributed by atoms with Crippen molar-refractivity contribution in [3.63, 3.8) is 0 Å². The summed E-state index contributed by atoms with van der Waals surface area (Å²) < 4.78 is 2.03. The van der Waals surface area contributed by atoms with Gasteiger partial charge >= 0.3 is 0 Å². The molecule has 0 aromatic carbocycles. The van der Waals surface area contributed by atoms with Crippen molar-refractivity contribution in [1.82, 2.24) is 24.9 Å². The van der Waals surface area contributed by atoms with Gasteiger partial charge in [-0.05, 0) is 39.3 Å². The van der Waals surface area contributed by atoms with Crippen LogP contribution in [0.25, 0.3) is 0 Å². The van der Waals surface area contributed by atoms with Gasteiger partial charge in [-0.15, -0.1) is 0 Å². The summed E-state index contributed by atoms with van der Waals surface area (Å²) in [6.45, 7) is 17.1. The summed E-state index contributed by atoms with van der Waals surface area (Å²) in [6, 6.07) is 0.643. The second kappa shape index (κ2) is 9.95. The van der Waals surface area contributed by atoms with Crippen LogP contribution >= 0.6 is 0 Å². The summed E-state index contributed by atoms with van der Waals surface area (Å²) in [5, 5.41) is 8.19. The number of guanidine groups is 1. The van der Waals surface area contributed by atoms with Gasteiger partial charge in [0.1, 0.15) is 0 Å². The minimum atomic E-state index is 0.643. The Bertz CT molecular complexity index is 587. The van der Waals surface area contributed by atoms with E-state index in [1.807, 2.05) is 11.7 Å². The van der Waals surface area contributed by atoms with E-state index >= 15 is 0 Å². The molecule has 1 unspecified atom stereocenters. The summed E-state index contributed by atoms with van der Waals surface area (Å²) in [7, 11) is 2.05. The van der Waals surface area contributed by atoms with Crippen molar-refractivity contribution < 1.29 is 0 Å². The van der Waals surface area contributed by atoms with Crippen LogP contribution in [0.3, 0.4) is 0 Å². The van der Waals surface area contributed by atoms with Gasteiger partial charge in [-0.3, -0.25) is 9.58 Å². The van der Waals surface area contributed by atoms with E-state index in [0.29, 0.717) is 6.04 Å². The fourth-order valence-electron chi connectivity index (χ4n) is 4.12. The topological polar surface area (TPSA) is 48.7 Å². The number of nitrogens with zero attached hydrogens (tertiary/aromatic N) is 5. The van der Waals surface area contributed by atoms with Gasteiger partial charge in [0, 0.05) is 44.0 Å². The summed E-state index contributed by atoms with van der Waals surface area (Å²) in [5.41, 5.74) is 3.81. The fraction of sp³-hybridized carbons (Fsp3) is 0.800. The van der Waals surface area contributed by atoms with Gasteiger partial charge in [0.15, 0.2) is 5.96 Å². The van der Waals surface area contributed by atoms with Gasteiger partial charge in [0.2, 0.25) is 0 Å². The Kier molecular flexibility index (Phi) is 7.94. The van der Waals surface area contributed by atoms with E-state index in [4.69, 9.17) is 4.99 Å². The van der Waals surface area contributed by atoms with Gasteiger partial charge < -0.3 is 10.2 Å². The maximum absolute atomic E-state index is 5.00. The zero-order valence-corrected chi connectivity index (χ0v) is 17.7. The Morgan fingerprint density at radius 3 is 2.50 bits per heavy atom. The number of aromatic nitrogens is 2. The molecule has 1 aromatic heterocycles. The average Bonchev–Trinajstić information content (AvgIpc) is 3.24. The third-order valence-electron chi connectivity index (χ3n) is 5.54. The highest BCUT2D eigenvalue weighted by atomic mass is 15.3. The number of likely N-dealkylation sites (tertiary alicyclic amines) is 1. The van der Waals surface area contributed by atoms with Crippen molar-refractivity contribution in [2.75, 3.05) is 32.7 Å². The molecule has 0 amide bonds. The predicted molar refractivity (Wildman–Crippen MR) is 110 cm³/mol. The number of likely N-dealkylation sites (N-methyl/N-ethyl adjacent to an activating group) is 1. The largest absolute Gasteiger partial charge is 0.357 e. The number of aryl methyl sites for hydroxylation is 2. The maximum atomic E-state index is 5.00. The van der Waals surface area contributed by atoms with Crippen LogP contribution in [0.4, 0.5) is 0 Å². The Balaban J connectivity index is 2.15. The quantitative estimate of drug-likeness (QED) is 0.570. The first-order chi connectivity index (χ1) is 12.6. The van der Waals surface area contributed by atoms with E-state index in [1.54, 1.807) is 0 Å². The monoisotopic (exact) mass is 362 g/mol. The summed E-state index contributed by atoms with van der Waals surface area (Å²) in [4.78, 5) is 10.00. The zero-order valence-electron chi connectivity index (χ0n) is 17.7. The molecule has 0 radical (unpaired) electrons. The molecule has 26 heavy (non-hydrogen) atoms. The van der Waals surface area contributed by atoms with Crippen molar-refractivity contribution in [3.8, 4) is 0 Å². The van der Waals surface area contributed by atoms with Crippen molar-refractivity contribution in [1.29, 1.82) is 0 Å². The lowest BCUT2D eigenvalue weighted by Gasteiger charge is -2.27. The number of rotatable bonds is 8. The van der Waals surface area contributed by atoms with E-state index in [2.05, 4.69) is 54.8 Å². The van der Waals surface area contributed by atoms with Crippen molar-refractivity contribution in [2.45, 2.75) is 66.5 Å². The van der Waals surface area contributed by atoms with E-state index < -0.39 is 0 Å². The highest BCUT2D eigenvalue weighted by molar-refractivity contribution is 5.80. The van der Waals surface area contributed by atoms with E-state index in [-0.39, 0.29) is 0 Å². The predicted octanol–water partition coefficient (Wildman–Crippen LogP) is 2.43. The van der Waals surface area contributed by atoms with E-state index in [0.717, 1.165) is 58.1 Å². The Labute approximate surface area is 159 Å². The van der Waals surface area contributed by atoms with Crippen LogP contribution in [-0.4, -0.2) is 64.3 Å². The minimum absolute atomic E-state index is 0.643. The molecule has 1 fully saturated rings. The molecule has 0 spiro atoms. The first-order valence-electron chi connectivity index (χ1n) is 10.4. The molecule has 1 aliphatic rings. The zero-order chi connectivity index (χ0) is 19.1. The number of aliphatic imine (C=N–C) groups is 1. The maximum Gasteiger partial charge on any atom is 0.194 e. The third kappa shape index (κ3) is 4.58. The fourth-order valence-corrected chi connectivity index (χ4v) is 4.12. The third-order valence-corrected chi connectivity index (χ3v) is 5.54. The van der Waals surface area contributed by atoms with Gasteiger partial charge in [0.05, 0.1) is 12.2 Å². The molecular formula is C20H38N6. The van der Waals surface area contributed by atoms with Gasteiger partial charge in [-0.2, -0.15) is 5.10 Å². The van der Waals surface area contributed by atoms with Gasteiger partial charge in [0.25, 0.3) is 0 Å². The smallest absolute Gasteiger partial charge is 0.194 e. The van der Waals surface area contributed by atoms with Crippen molar-refractivity contribution in [3.05, 3.63) is 17.0 Å². The SMILES string of the molecule is CCNC(=NCc1c(CC)nn(C)c1CC)N1CCC(N(CC)CC)C1. The second-order valence-corrected chi connectivity index (χ2v) is 6.98. The Hall–Kier alpha value is -1.56. The molecule has 0 bridgehead atoms. The van der Waals surface area contributed by atoms with Crippen LogP contribution < -0.4 is 5.32 Å². The van der Waals surface area contributed by atoms with Crippen molar-refractivity contribution >= 4 is 5.96 Å². The number of hydrogen-bond acceptors (Lipinski definition) is 3. The summed E-state index contributed by atoms with van der Waals surface area (Å²) in [5.74, 6) is 1.05. The minimum Gasteiger partial charge on any atom is -0.357 e. The van der Waals surface area contributed by atoms with E-state index in [9.17, 15) is 0 Å². The molecular weight excluding hydrogens is 324 g/mol. The molecule has 1 atom stereocenters. The molecule has 1 N–H and O–H groups in total. The van der Waals surface area contributed by atoms with Crippen LogP contribution in [0.1, 0.15) is 58.0 Å². The second-order valence-electron chi connectivity index (χ2n) is 6.98. The highest BCUT2D eigenvalue weighted by Gasteiger charge is 2.28. The molecule has 148 valence electrons. The normalized spacial score (nSPS) is 18.2. The average molecular weight is 363 g/mol. The van der Waals surface area contributed by atoms with Crippen LogP contribution in [0.2, 0.25) is 0 Å². The number of nitrogens with one attached hydrogen (secondary N) is 1. The van der Waals surface area contributed by atoms with Gasteiger partial charge in [-0.25, -0.2) is 4.99 Å². The lowest BCUT2D eigenvalue weighted by molar-refractivity contribution is 0.223. The molecule has 6 heteroatoms. The molecule has 1 aliphatic heterocycles. The number of hydrogen-bond donors (Lipinski definition) is 1. The lowest BCUT2D eigenvalue weighted by atomic mass is 10.1. The molecule has 2 heterocycles. The van der Waals surface area contributed by atoms with Crippen LogP contribution in [0.5, 0.6) is 0 Å². The first-order valence-corrected chi connectivity index (χ1v) is 10.4. The van der Waals surface area contributed by atoms with E-state index in [1.165, 1.54) is 23.4 Å². The van der Waals surface area contributed by atoms with Gasteiger partial charge in [-0.1, -0.05) is 27.7 Å². The van der Waals surface area contributed by atoms with Crippen LogP contribution in [0.15, 0.2) is 4.99 Å². The van der Waals surface area contributed by atoms with Crippen molar-refractivity contribution in [2.24, 2.45) is 12.0 Å². The molecule has 0 saturated carbocycles. The Morgan fingerprint density at radius 2 is 1.92 bits per heavy atom. The van der Waals surface area contributed by atoms with Crippen LogP contribution in [0, 0.1) is 0 Å². The lowest BCUT2D eigenvalue weighted by Crippen LogP contribution is -2.43.